The van der Waals surface area contributed by atoms with Crippen molar-refractivity contribution in [3.8, 4) is 11.3 Å². The van der Waals surface area contributed by atoms with Crippen LogP contribution < -0.4 is 15.5 Å². The number of carbonyl (C=O) groups is 1. The number of rotatable bonds is 7. The Balaban J connectivity index is 1.14. The molecule has 4 aromatic rings. The Bertz CT molecular complexity index is 1780. The van der Waals surface area contributed by atoms with E-state index >= 15 is 0 Å². The van der Waals surface area contributed by atoms with E-state index in [1.807, 2.05) is 31.5 Å². The van der Waals surface area contributed by atoms with Gasteiger partial charge >= 0.3 is 0 Å². The first kappa shape index (κ1) is 28.6. The highest BCUT2D eigenvalue weighted by atomic mass is 16.1. The lowest BCUT2D eigenvalue weighted by atomic mass is 9.83. The third-order valence-corrected chi connectivity index (χ3v) is 10.8. The Labute approximate surface area is 266 Å². The Hall–Kier alpha value is -3.91. The number of benzene rings is 2. The molecule has 2 aliphatic heterocycles. The molecule has 0 unspecified atom stereocenters. The number of hydrogen-bond acceptors (Lipinski definition) is 6. The zero-order valence-corrected chi connectivity index (χ0v) is 27.1. The summed E-state index contributed by atoms with van der Waals surface area (Å²) >= 11 is 0. The van der Waals surface area contributed by atoms with E-state index in [-0.39, 0.29) is 11.3 Å². The SMILES string of the molecule is CNC(=O)c1cc(Nc2nc(-c3ccc4c(c3)N([C@H]3C[C@@H](N5CCCCC5)C3)CC4(C)C)cc3ncn(C4CC4)c23)ccc1C. The van der Waals surface area contributed by atoms with Gasteiger partial charge in [-0.25, -0.2) is 9.97 Å². The summed E-state index contributed by atoms with van der Waals surface area (Å²) in [4.78, 5) is 28.1. The number of carbonyl (C=O) groups excluding carboxylic acids is 1. The summed E-state index contributed by atoms with van der Waals surface area (Å²) in [7, 11) is 1.67. The van der Waals surface area contributed by atoms with Gasteiger partial charge in [-0.05, 0) is 93.9 Å². The van der Waals surface area contributed by atoms with Crippen molar-refractivity contribution in [1.29, 1.82) is 0 Å². The summed E-state index contributed by atoms with van der Waals surface area (Å²) in [5.74, 6) is 0.685. The molecule has 8 heteroatoms. The van der Waals surface area contributed by atoms with E-state index in [4.69, 9.17) is 9.97 Å². The van der Waals surface area contributed by atoms with Gasteiger partial charge < -0.3 is 25.0 Å². The van der Waals surface area contributed by atoms with Gasteiger partial charge in [-0.1, -0.05) is 38.5 Å². The molecule has 45 heavy (non-hydrogen) atoms. The number of likely N-dealkylation sites (tertiary alicyclic amines) is 1. The largest absolute Gasteiger partial charge is 0.367 e. The van der Waals surface area contributed by atoms with Gasteiger partial charge in [0.1, 0.15) is 5.52 Å². The number of fused-ring (bicyclic) bond motifs is 2. The fourth-order valence-electron chi connectivity index (χ4n) is 7.96. The van der Waals surface area contributed by atoms with Crippen LogP contribution >= 0.6 is 0 Å². The van der Waals surface area contributed by atoms with Crippen LogP contribution in [0.5, 0.6) is 0 Å². The molecule has 4 heterocycles. The van der Waals surface area contributed by atoms with Crippen LogP contribution in [0.15, 0.2) is 48.8 Å². The van der Waals surface area contributed by atoms with E-state index < -0.39 is 0 Å². The summed E-state index contributed by atoms with van der Waals surface area (Å²) in [6.45, 7) is 10.4. The van der Waals surface area contributed by atoms with Gasteiger partial charge in [-0.3, -0.25) is 4.79 Å². The molecular weight excluding hydrogens is 558 g/mol. The average Bonchev–Trinajstić information content (AvgIpc) is 3.72. The fraction of sp³-hybridized carbons (Fsp3) is 0.486. The minimum atomic E-state index is -0.0923. The number of imidazole rings is 1. The Morgan fingerprint density at radius 1 is 0.956 bits per heavy atom. The number of hydrogen-bond donors (Lipinski definition) is 2. The van der Waals surface area contributed by atoms with Crippen LogP contribution in [-0.4, -0.2) is 64.1 Å². The van der Waals surface area contributed by atoms with E-state index in [0.29, 0.717) is 17.6 Å². The second kappa shape index (κ2) is 10.9. The van der Waals surface area contributed by atoms with Crippen molar-refractivity contribution < 1.29 is 4.79 Å². The van der Waals surface area contributed by atoms with Crippen molar-refractivity contribution >= 4 is 34.1 Å². The quantitative estimate of drug-likeness (QED) is 0.238. The van der Waals surface area contributed by atoms with Crippen LogP contribution in [0.25, 0.3) is 22.3 Å². The highest BCUT2D eigenvalue weighted by molar-refractivity contribution is 5.97. The maximum absolute atomic E-state index is 12.6. The molecule has 2 saturated carbocycles. The van der Waals surface area contributed by atoms with Crippen LogP contribution in [0.3, 0.4) is 0 Å². The topological polar surface area (TPSA) is 78.3 Å². The number of anilines is 3. The smallest absolute Gasteiger partial charge is 0.251 e. The van der Waals surface area contributed by atoms with Gasteiger partial charge in [0.05, 0.1) is 17.5 Å². The molecule has 3 fully saturated rings. The molecule has 4 aliphatic rings. The van der Waals surface area contributed by atoms with Crippen molar-refractivity contribution in [3.05, 3.63) is 65.5 Å². The van der Waals surface area contributed by atoms with E-state index in [1.165, 1.54) is 56.4 Å². The summed E-state index contributed by atoms with van der Waals surface area (Å²) in [5, 5.41) is 6.36. The van der Waals surface area contributed by atoms with Crippen molar-refractivity contribution in [1.82, 2.24) is 24.8 Å². The van der Waals surface area contributed by atoms with Crippen LogP contribution in [0.2, 0.25) is 0 Å². The molecule has 0 atom stereocenters. The maximum Gasteiger partial charge on any atom is 0.251 e. The molecule has 8 rings (SSSR count). The van der Waals surface area contributed by atoms with Crippen LogP contribution in [-0.2, 0) is 5.41 Å². The third-order valence-electron chi connectivity index (χ3n) is 10.8. The first-order valence-corrected chi connectivity index (χ1v) is 16.9. The lowest BCUT2D eigenvalue weighted by molar-refractivity contribution is 0.0873. The zero-order valence-electron chi connectivity index (χ0n) is 27.1. The standard InChI is InChI=1S/C37H45N7O/c1-23-8-10-25(17-29(23)36(45)38-4)40-35-34-32(39-22-44(34)26-11-12-26)20-31(41-35)24-9-13-30-33(16-24)43(21-37(30,2)3)28-18-27(19-28)42-14-6-5-7-15-42/h8-10,13,16-17,20,22,26-28H,5-7,11-12,14-15,18-19,21H2,1-4H3,(H,38,45)(H,40,41)/t27-,28+. The van der Waals surface area contributed by atoms with E-state index in [9.17, 15) is 4.79 Å². The number of amides is 1. The first-order valence-electron chi connectivity index (χ1n) is 16.9. The Kier molecular flexibility index (Phi) is 6.89. The van der Waals surface area contributed by atoms with Crippen molar-refractivity contribution in [3.63, 3.8) is 0 Å². The van der Waals surface area contributed by atoms with E-state index in [2.05, 4.69) is 63.1 Å². The molecular formula is C37H45N7O. The minimum Gasteiger partial charge on any atom is -0.367 e. The number of piperidine rings is 1. The van der Waals surface area contributed by atoms with Crippen molar-refractivity contribution in [2.75, 3.05) is 36.9 Å². The predicted octanol–water partition coefficient (Wildman–Crippen LogP) is 6.96. The molecule has 234 valence electrons. The van der Waals surface area contributed by atoms with Gasteiger partial charge in [0.15, 0.2) is 5.82 Å². The molecule has 8 nitrogen and oxygen atoms in total. The Morgan fingerprint density at radius 2 is 1.76 bits per heavy atom. The molecule has 2 N–H and O–H groups in total. The van der Waals surface area contributed by atoms with Crippen molar-refractivity contribution in [2.24, 2.45) is 0 Å². The highest BCUT2D eigenvalue weighted by Gasteiger charge is 2.44. The highest BCUT2D eigenvalue weighted by Crippen LogP contribution is 2.47. The number of aromatic nitrogens is 3. The average molecular weight is 604 g/mol. The van der Waals surface area contributed by atoms with Gasteiger partial charge in [0.2, 0.25) is 0 Å². The Morgan fingerprint density at radius 3 is 2.51 bits per heavy atom. The lowest BCUT2D eigenvalue weighted by Crippen LogP contribution is -2.55. The number of nitrogens with zero attached hydrogens (tertiary/aromatic N) is 5. The van der Waals surface area contributed by atoms with Crippen LogP contribution in [0.1, 0.15) is 86.3 Å². The molecule has 1 saturated heterocycles. The molecule has 1 amide bonds. The van der Waals surface area contributed by atoms with Crippen molar-refractivity contribution in [2.45, 2.75) is 89.3 Å². The molecule has 0 bridgehead atoms. The van der Waals surface area contributed by atoms with Gasteiger partial charge in [-0.15, -0.1) is 0 Å². The fourth-order valence-corrected chi connectivity index (χ4v) is 7.96. The van der Waals surface area contributed by atoms with Crippen LogP contribution in [0.4, 0.5) is 17.2 Å². The van der Waals surface area contributed by atoms with Crippen LogP contribution in [0, 0.1) is 6.92 Å². The second-order valence-electron chi connectivity index (χ2n) is 14.5. The molecule has 0 spiro atoms. The van der Waals surface area contributed by atoms with Gasteiger partial charge in [0, 0.05) is 59.6 Å². The van der Waals surface area contributed by atoms with E-state index in [1.54, 1.807) is 7.05 Å². The predicted molar refractivity (Wildman–Crippen MR) is 182 cm³/mol. The summed E-state index contributed by atoms with van der Waals surface area (Å²) in [6.07, 6.45) is 10.9. The molecule has 0 radical (unpaired) electrons. The van der Waals surface area contributed by atoms with Gasteiger partial charge in [-0.2, -0.15) is 0 Å². The zero-order chi connectivity index (χ0) is 30.9. The summed E-state index contributed by atoms with van der Waals surface area (Å²) in [6, 6.07) is 16.8. The van der Waals surface area contributed by atoms with Gasteiger partial charge in [0.25, 0.3) is 5.91 Å². The molecule has 2 aromatic carbocycles. The maximum atomic E-state index is 12.6. The number of aryl methyl sites for hydroxylation is 1. The first-order chi connectivity index (χ1) is 21.8. The number of pyridine rings is 1. The second-order valence-corrected chi connectivity index (χ2v) is 14.5. The molecule has 2 aliphatic carbocycles. The third kappa shape index (κ3) is 5.07. The molecule has 2 aromatic heterocycles. The normalized spacial score (nSPS) is 22.7. The minimum absolute atomic E-state index is 0.0923. The summed E-state index contributed by atoms with van der Waals surface area (Å²) < 4.78 is 2.27. The van der Waals surface area contributed by atoms with E-state index in [0.717, 1.165) is 64.8 Å². The lowest BCUT2D eigenvalue weighted by Gasteiger charge is -2.48. The summed E-state index contributed by atoms with van der Waals surface area (Å²) in [5.41, 5.74) is 9.34. The monoisotopic (exact) mass is 603 g/mol. The number of nitrogens with one attached hydrogen (secondary N) is 2.